The van der Waals surface area contributed by atoms with Gasteiger partial charge in [-0.3, -0.25) is 4.79 Å². The Morgan fingerprint density at radius 2 is 1.83 bits per heavy atom. The molecule has 0 aliphatic rings. The van der Waals surface area contributed by atoms with Crippen LogP contribution in [0.2, 0.25) is 0 Å². The van der Waals surface area contributed by atoms with Crippen LogP contribution in [0.15, 0.2) is 42.5 Å². The molecule has 0 spiro atoms. The van der Waals surface area contributed by atoms with E-state index in [9.17, 15) is 4.79 Å². The van der Waals surface area contributed by atoms with Gasteiger partial charge in [-0.05, 0) is 36.2 Å². The van der Waals surface area contributed by atoms with Gasteiger partial charge in [-0.1, -0.05) is 24.3 Å². The van der Waals surface area contributed by atoms with Crippen molar-refractivity contribution in [2.75, 3.05) is 20.8 Å². The molecular weight excluding hydrogens is 306 g/mol. The lowest BCUT2D eigenvalue weighted by molar-refractivity contribution is 0.0950. The Balaban J connectivity index is 2.03. The summed E-state index contributed by atoms with van der Waals surface area (Å²) in [5.41, 5.74) is 2.63. The SMILES string of the molecule is CCOc1ccc(C(=O)NCc2cccc(COC)c2)cc1OC. The molecule has 0 aliphatic carbocycles. The largest absolute Gasteiger partial charge is 0.493 e. The zero-order valence-electron chi connectivity index (χ0n) is 14.3. The lowest BCUT2D eigenvalue weighted by Crippen LogP contribution is -2.22. The second kappa shape index (κ2) is 8.93. The minimum absolute atomic E-state index is 0.159. The average molecular weight is 329 g/mol. The van der Waals surface area contributed by atoms with Crippen LogP contribution in [0.4, 0.5) is 0 Å². The summed E-state index contributed by atoms with van der Waals surface area (Å²) < 4.78 is 15.9. The molecule has 1 N–H and O–H groups in total. The maximum absolute atomic E-state index is 12.3. The van der Waals surface area contributed by atoms with Crippen molar-refractivity contribution in [3.63, 3.8) is 0 Å². The quantitative estimate of drug-likeness (QED) is 0.808. The van der Waals surface area contributed by atoms with E-state index in [0.29, 0.717) is 36.8 Å². The molecule has 2 aromatic rings. The smallest absolute Gasteiger partial charge is 0.251 e. The number of hydrogen-bond donors (Lipinski definition) is 1. The van der Waals surface area contributed by atoms with Gasteiger partial charge in [0.25, 0.3) is 5.91 Å². The van der Waals surface area contributed by atoms with Crippen molar-refractivity contribution in [2.24, 2.45) is 0 Å². The van der Waals surface area contributed by atoms with E-state index in [1.54, 1.807) is 32.4 Å². The van der Waals surface area contributed by atoms with Crippen molar-refractivity contribution in [3.05, 3.63) is 59.2 Å². The molecule has 0 saturated carbocycles. The van der Waals surface area contributed by atoms with Crippen molar-refractivity contribution >= 4 is 5.91 Å². The summed E-state index contributed by atoms with van der Waals surface area (Å²) in [7, 11) is 3.22. The molecule has 24 heavy (non-hydrogen) atoms. The normalized spacial score (nSPS) is 10.3. The van der Waals surface area contributed by atoms with Crippen LogP contribution in [-0.2, 0) is 17.9 Å². The number of rotatable bonds is 8. The minimum atomic E-state index is -0.159. The Morgan fingerprint density at radius 3 is 2.54 bits per heavy atom. The third-order valence-electron chi connectivity index (χ3n) is 3.48. The molecule has 5 heteroatoms. The number of benzene rings is 2. The molecule has 0 bridgehead atoms. The molecule has 2 rings (SSSR count). The highest BCUT2D eigenvalue weighted by atomic mass is 16.5. The van der Waals surface area contributed by atoms with Gasteiger partial charge in [-0.15, -0.1) is 0 Å². The third-order valence-corrected chi connectivity index (χ3v) is 3.48. The molecule has 0 aromatic heterocycles. The average Bonchev–Trinajstić information content (AvgIpc) is 2.61. The zero-order valence-corrected chi connectivity index (χ0v) is 14.3. The fourth-order valence-corrected chi connectivity index (χ4v) is 2.36. The van der Waals surface area contributed by atoms with Crippen molar-refractivity contribution in [1.82, 2.24) is 5.32 Å². The first-order chi connectivity index (χ1) is 11.7. The van der Waals surface area contributed by atoms with Crippen LogP contribution >= 0.6 is 0 Å². The number of amides is 1. The second-order valence-electron chi connectivity index (χ2n) is 5.23. The summed E-state index contributed by atoms with van der Waals surface area (Å²) in [6.45, 7) is 3.45. The third kappa shape index (κ3) is 4.73. The van der Waals surface area contributed by atoms with Crippen molar-refractivity contribution < 1.29 is 19.0 Å². The first kappa shape index (κ1) is 17.8. The lowest BCUT2D eigenvalue weighted by atomic mass is 10.1. The van der Waals surface area contributed by atoms with Crippen LogP contribution in [0, 0.1) is 0 Å². The van der Waals surface area contributed by atoms with Gasteiger partial charge in [0, 0.05) is 19.2 Å². The fraction of sp³-hybridized carbons (Fsp3) is 0.316. The van der Waals surface area contributed by atoms with Crippen LogP contribution in [0.1, 0.15) is 28.4 Å². The highest BCUT2D eigenvalue weighted by Crippen LogP contribution is 2.28. The van der Waals surface area contributed by atoms with Gasteiger partial charge in [0.2, 0.25) is 0 Å². The monoisotopic (exact) mass is 329 g/mol. The fourth-order valence-electron chi connectivity index (χ4n) is 2.36. The van der Waals surface area contributed by atoms with E-state index >= 15 is 0 Å². The number of carbonyl (C=O) groups excluding carboxylic acids is 1. The van der Waals surface area contributed by atoms with Crippen molar-refractivity contribution in [1.29, 1.82) is 0 Å². The van der Waals surface area contributed by atoms with E-state index in [0.717, 1.165) is 11.1 Å². The minimum Gasteiger partial charge on any atom is -0.493 e. The Labute approximate surface area is 142 Å². The lowest BCUT2D eigenvalue weighted by Gasteiger charge is -2.11. The summed E-state index contributed by atoms with van der Waals surface area (Å²) >= 11 is 0. The molecule has 0 radical (unpaired) electrons. The van der Waals surface area contributed by atoms with Crippen LogP contribution < -0.4 is 14.8 Å². The van der Waals surface area contributed by atoms with E-state index in [-0.39, 0.29) is 5.91 Å². The molecule has 128 valence electrons. The summed E-state index contributed by atoms with van der Waals surface area (Å²) in [6, 6.07) is 13.1. The molecule has 0 saturated heterocycles. The number of nitrogens with one attached hydrogen (secondary N) is 1. The highest BCUT2D eigenvalue weighted by molar-refractivity contribution is 5.94. The molecule has 5 nitrogen and oxygen atoms in total. The van der Waals surface area contributed by atoms with E-state index in [2.05, 4.69) is 5.32 Å². The number of ether oxygens (including phenoxy) is 3. The summed E-state index contributed by atoms with van der Waals surface area (Å²) in [4.78, 5) is 12.3. The Bertz CT molecular complexity index is 685. The molecule has 0 atom stereocenters. The molecule has 2 aromatic carbocycles. The summed E-state index contributed by atoms with van der Waals surface area (Å²) in [5, 5.41) is 2.91. The predicted octanol–water partition coefficient (Wildman–Crippen LogP) is 3.17. The highest BCUT2D eigenvalue weighted by Gasteiger charge is 2.11. The first-order valence-electron chi connectivity index (χ1n) is 7.83. The van der Waals surface area contributed by atoms with Crippen molar-refractivity contribution in [2.45, 2.75) is 20.1 Å². The topological polar surface area (TPSA) is 56.8 Å². The van der Waals surface area contributed by atoms with Crippen molar-refractivity contribution in [3.8, 4) is 11.5 Å². The van der Waals surface area contributed by atoms with E-state index < -0.39 is 0 Å². The van der Waals surface area contributed by atoms with Gasteiger partial charge in [0.1, 0.15) is 0 Å². The molecule has 0 fully saturated rings. The van der Waals surface area contributed by atoms with E-state index in [1.165, 1.54) is 0 Å². The molecule has 1 amide bonds. The van der Waals surface area contributed by atoms with Gasteiger partial charge in [-0.25, -0.2) is 0 Å². The Kier molecular flexibility index (Phi) is 6.63. The zero-order chi connectivity index (χ0) is 17.4. The second-order valence-corrected chi connectivity index (χ2v) is 5.23. The van der Waals surface area contributed by atoms with Gasteiger partial charge in [-0.2, -0.15) is 0 Å². The summed E-state index contributed by atoms with van der Waals surface area (Å²) in [5.74, 6) is 1.02. The van der Waals surface area contributed by atoms with Crippen LogP contribution in [0.25, 0.3) is 0 Å². The Hall–Kier alpha value is -2.53. The van der Waals surface area contributed by atoms with Crippen LogP contribution in [0.5, 0.6) is 11.5 Å². The number of methoxy groups -OCH3 is 2. The molecule has 0 unspecified atom stereocenters. The molecule has 0 heterocycles. The number of hydrogen-bond acceptors (Lipinski definition) is 4. The summed E-state index contributed by atoms with van der Waals surface area (Å²) in [6.07, 6.45) is 0. The Morgan fingerprint density at radius 1 is 1.04 bits per heavy atom. The molecular formula is C19H23NO4. The predicted molar refractivity (Wildman–Crippen MR) is 92.5 cm³/mol. The van der Waals surface area contributed by atoms with Gasteiger partial charge in [0.05, 0.1) is 20.3 Å². The standard InChI is InChI=1S/C19H23NO4/c1-4-24-17-9-8-16(11-18(17)23-3)19(21)20-12-14-6-5-7-15(10-14)13-22-2/h5-11H,4,12-13H2,1-3H3,(H,20,21). The van der Waals surface area contributed by atoms with E-state index in [1.807, 2.05) is 31.2 Å². The van der Waals surface area contributed by atoms with Crippen LogP contribution in [-0.4, -0.2) is 26.7 Å². The van der Waals surface area contributed by atoms with Gasteiger partial charge < -0.3 is 19.5 Å². The maximum Gasteiger partial charge on any atom is 0.251 e. The first-order valence-corrected chi connectivity index (χ1v) is 7.83. The maximum atomic E-state index is 12.3. The van der Waals surface area contributed by atoms with Crippen LogP contribution in [0.3, 0.4) is 0 Å². The molecule has 0 aliphatic heterocycles. The van der Waals surface area contributed by atoms with Gasteiger partial charge in [0.15, 0.2) is 11.5 Å². The van der Waals surface area contributed by atoms with Gasteiger partial charge >= 0.3 is 0 Å². The number of carbonyl (C=O) groups is 1. The van der Waals surface area contributed by atoms with E-state index in [4.69, 9.17) is 14.2 Å².